The summed E-state index contributed by atoms with van der Waals surface area (Å²) < 4.78 is 0. The number of nitrogen functional groups attached to an aromatic ring is 1. The van der Waals surface area contributed by atoms with Gasteiger partial charge in [0.25, 0.3) is 0 Å². The molecule has 17 heavy (non-hydrogen) atoms. The molecule has 1 aromatic heterocycles. The van der Waals surface area contributed by atoms with Gasteiger partial charge in [-0.05, 0) is 25.1 Å². The molecule has 0 aliphatic heterocycles. The molecular formula is C12H11N3OS. The molecule has 0 bridgehead atoms. The number of benzene rings is 1. The maximum Gasteiger partial charge on any atom is 0.161 e. The van der Waals surface area contributed by atoms with Crippen LogP contribution in [-0.4, -0.2) is 15.8 Å². The van der Waals surface area contributed by atoms with Gasteiger partial charge in [0.1, 0.15) is 5.03 Å². The van der Waals surface area contributed by atoms with Crippen LogP contribution >= 0.6 is 11.8 Å². The number of Topliss-reactive ketones (excluding diaryl/α,β-unsaturated/α-hetero) is 1. The summed E-state index contributed by atoms with van der Waals surface area (Å²) in [5.41, 5.74) is 6.77. The third-order valence-electron chi connectivity index (χ3n) is 2.17. The second kappa shape index (κ2) is 4.97. The quantitative estimate of drug-likeness (QED) is 0.664. The van der Waals surface area contributed by atoms with Crippen LogP contribution < -0.4 is 5.73 Å². The first-order valence-corrected chi connectivity index (χ1v) is 5.83. The highest BCUT2D eigenvalue weighted by Gasteiger charge is 2.07. The second-order valence-corrected chi connectivity index (χ2v) is 4.54. The maximum absolute atomic E-state index is 11.4. The molecular weight excluding hydrogens is 234 g/mol. The molecule has 2 rings (SSSR count). The van der Waals surface area contributed by atoms with Crippen molar-refractivity contribution in [2.75, 3.05) is 5.73 Å². The number of aromatic nitrogens is 2. The van der Waals surface area contributed by atoms with Crippen molar-refractivity contribution in [3.8, 4) is 0 Å². The van der Waals surface area contributed by atoms with Crippen LogP contribution in [0.15, 0.2) is 46.7 Å². The Morgan fingerprint density at radius 3 is 2.82 bits per heavy atom. The molecule has 86 valence electrons. The first kappa shape index (κ1) is 11.6. The Labute approximate surface area is 103 Å². The van der Waals surface area contributed by atoms with E-state index in [0.717, 1.165) is 9.92 Å². The van der Waals surface area contributed by atoms with E-state index in [4.69, 9.17) is 5.73 Å². The number of rotatable bonds is 3. The van der Waals surface area contributed by atoms with E-state index in [2.05, 4.69) is 9.97 Å². The number of anilines is 1. The fourth-order valence-electron chi connectivity index (χ4n) is 1.36. The summed E-state index contributed by atoms with van der Waals surface area (Å²) in [6.45, 7) is 1.50. The number of carbonyl (C=O) groups is 1. The fraction of sp³-hybridized carbons (Fsp3) is 0.0833. The Morgan fingerprint density at radius 1 is 1.35 bits per heavy atom. The number of nitrogens with zero attached hydrogens (tertiary/aromatic N) is 2. The second-order valence-electron chi connectivity index (χ2n) is 3.45. The molecule has 0 saturated carbocycles. The predicted molar refractivity (Wildman–Crippen MR) is 67.0 cm³/mol. The van der Waals surface area contributed by atoms with Gasteiger partial charge < -0.3 is 5.73 Å². The van der Waals surface area contributed by atoms with E-state index < -0.39 is 0 Å². The van der Waals surface area contributed by atoms with E-state index in [9.17, 15) is 4.79 Å². The van der Waals surface area contributed by atoms with Gasteiger partial charge >= 0.3 is 0 Å². The van der Waals surface area contributed by atoms with E-state index in [0.29, 0.717) is 11.3 Å². The average Bonchev–Trinajstić information content (AvgIpc) is 2.32. The van der Waals surface area contributed by atoms with Crippen LogP contribution in [-0.2, 0) is 0 Å². The molecule has 0 amide bonds. The highest BCUT2D eigenvalue weighted by atomic mass is 32.2. The highest BCUT2D eigenvalue weighted by Crippen LogP contribution is 2.28. The number of ketones is 1. The van der Waals surface area contributed by atoms with E-state index in [1.54, 1.807) is 30.7 Å². The minimum absolute atomic E-state index is 0.0379. The molecule has 0 radical (unpaired) electrons. The minimum atomic E-state index is -0.0379. The number of hydrogen-bond donors (Lipinski definition) is 1. The van der Waals surface area contributed by atoms with Crippen molar-refractivity contribution in [3.63, 3.8) is 0 Å². The van der Waals surface area contributed by atoms with Crippen LogP contribution in [0.4, 0.5) is 5.69 Å². The highest BCUT2D eigenvalue weighted by molar-refractivity contribution is 7.99. The standard InChI is InChI=1S/C12H11N3OS/c1-8(16)10-6-9(2-3-11(10)13)17-12-7-14-4-5-15-12/h2-7H,13H2,1H3. The third kappa shape index (κ3) is 2.82. The van der Waals surface area contributed by atoms with Crippen LogP contribution in [0.5, 0.6) is 0 Å². The predicted octanol–water partition coefficient (Wildman–Crippen LogP) is 2.41. The monoisotopic (exact) mass is 245 g/mol. The molecule has 2 N–H and O–H groups in total. The van der Waals surface area contributed by atoms with Gasteiger partial charge in [0.15, 0.2) is 5.78 Å². The largest absolute Gasteiger partial charge is 0.398 e. The minimum Gasteiger partial charge on any atom is -0.398 e. The van der Waals surface area contributed by atoms with Crippen molar-refractivity contribution < 1.29 is 4.79 Å². The number of nitrogens with two attached hydrogens (primary N) is 1. The van der Waals surface area contributed by atoms with Gasteiger partial charge in [-0.1, -0.05) is 11.8 Å². The van der Waals surface area contributed by atoms with Crippen LogP contribution in [0.3, 0.4) is 0 Å². The lowest BCUT2D eigenvalue weighted by molar-refractivity contribution is 0.101. The Balaban J connectivity index is 2.29. The summed E-state index contributed by atoms with van der Waals surface area (Å²) in [4.78, 5) is 20.4. The average molecular weight is 245 g/mol. The Kier molecular flexibility index (Phi) is 3.39. The first-order valence-electron chi connectivity index (χ1n) is 5.01. The molecule has 0 unspecified atom stereocenters. The maximum atomic E-state index is 11.4. The lowest BCUT2D eigenvalue weighted by Gasteiger charge is -2.05. The van der Waals surface area contributed by atoms with Gasteiger partial charge in [0.05, 0.1) is 6.20 Å². The summed E-state index contributed by atoms with van der Waals surface area (Å²) in [6, 6.07) is 5.37. The molecule has 5 heteroatoms. The van der Waals surface area contributed by atoms with Gasteiger partial charge in [0, 0.05) is 28.5 Å². The normalized spacial score (nSPS) is 10.2. The first-order chi connectivity index (χ1) is 8.16. The number of carbonyl (C=O) groups excluding carboxylic acids is 1. The van der Waals surface area contributed by atoms with Crippen LogP contribution in [0, 0.1) is 0 Å². The van der Waals surface area contributed by atoms with Crippen molar-refractivity contribution in [3.05, 3.63) is 42.4 Å². The van der Waals surface area contributed by atoms with Gasteiger partial charge in [-0.3, -0.25) is 9.78 Å². The lowest BCUT2D eigenvalue weighted by atomic mass is 10.1. The molecule has 0 aliphatic carbocycles. The van der Waals surface area contributed by atoms with Crippen molar-refractivity contribution in [1.29, 1.82) is 0 Å². The molecule has 1 heterocycles. The van der Waals surface area contributed by atoms with Crippen LogP contribution in [0.1, 0.15) is 17.3 Å². The summed E-state index contributed by atoms with van der Waals surface area (Å²) in [7, 11) is 0. The zero-order valence-electron chi connectivity index (χ0n) is 9.25. The SMILES string of the molecule is CC(=O)c1cc(Sc2cnccn2)ccc1N. The fourth-order valence-corrected chi connectivity index (χ4v) is 2.14. The molecule has 0 spiro atoms. The summed E-state index contributed by atoms with van der Waals surface area (Å²) in [6.07, 6.45) is 4.92. The molecule has 4 nitrogen and oxygen atoms in total. The van der Waals surface area contributed by atoms with Crippen LogP contribution in [0.25, 0.3) is 0 Å². The summed E-state index contributed by atoms with van der Waals surface area (Å²) >= 11 is 1.45. The molecule has 0 aliphatic rings. The third-order valence-corrected chi connectivity index (χ3v) is 3.08. The van der Waals surface area contributed by atoms with Crippen molar-refractivity contribution in [2.45, 2.75) is 16.8 Å². The topological polar surface area (TPSA) is 68.9 Å². The summed E-state index contributed by atoms with van der Waals surface area (Å²) in [5.74, 6) is -0.0379. The van der Waals surface area contributed by atoms with Gasteiger partial charge in [-0.25, -0.2) is 4.98 Å². The Bertz CT molecular complexity index is 543. The summed E-state index contributed by atoms with van der Waals surface area (Å²) in [5, 5.41) is 0.784. The van der Waals surface area contributed by atoms with E-state index in [1.165, 1.54) is 18.7 Å². The Hall–Kier alpha value is -1.88. The van der Waals surface area contributed by atoms with Crippen molar-refractivity contribution >= 4 is 23.2 Å². The molecule has 0 saturated heterocycles. The zero-order chi connectivity index (χ0) is 12.3. The van der Waals surface area contributed by atoms with Crippen LogP contribution in [0.2, 0.25) is 0 Å². The van der Waals surface area contributed by atoms with E-state index in [1.807, 2.05) is 6.07 Å². The van der Waals surface area contributed by atoms with Gasteiger partial charge in [0.2, 0.25) is 0 Å². The zero-order valence-corrected chi connectivity index (χ0v) is 10.1. The van der Waals surface area contributed by atoms with E-state index in [-0.39, 0.29) is 5.78 Å². The van der Waals surface area contributed by atoms with Crippen molar-refractivity contribution in [2.24, 2.45) is 0 Å². The van der Waals surface area contributed by atoms with Crippen molar-refractivity contribution in [1.82, 2.24) is 9.97 Å². The smallest absolute Gasteiger partial charge is 0.161 e. The Morgan fingerprint density at radius 2 is 2.18 bits per heavy atom. The molecule has 0 atom stereocenters. The van der Waals surface area contributed by atoms with E-state index >= 15 is 0 Å². The van der Waals surface area contributed by atoms with Gasteiger partial charge in [-0.15, -0.1) is 0 Å². The molecule has 0 fully saturated rings. The lowest BCUT2D eigenvalue weighted by Crippen LogP contribution is -1.99. The number of hydrogen-bond acceptors (Lipinski definition) is 5. The van der Waals surface area contributed by atoms with Gasteiger partial charge in [-0.2, -0.15) is 0 Å². The molecule has 1 aromatic carbocycles. The molecule has 2 aromatic rings.